The highest BCUT2D eigenvalue weighted by Gasteiger charge is 2.08. The van der Waals surface area contributed by atoms with Gasteiger partial charge in [0.1, 0.15) is 5.75 Å². The predicted octanol–water partition coefficient (Wildman–Crippen LogP) is 2.78. The van der Waals surface area contributed by atoms with Gasteiger partial charge in [-0.25, -0.2) is 0 Å². The lowest BCUT2D eigenvalue weighted by Crippen LogP contribution is -2.13. The Morgan fingerprint density at radius 2 is 1.90 bits per heavy atom. The van der Waals surface area contributed by atoms with Crippen molar-refractivity contribution in [2.45, 2.75) is 13.3 Å². The largest absolute Gasteiger partial charge is 0.508 e. The zero-order valence-corrected chi connectivity index (χ0v) is 12.4. The van der Waals surface area contributed by atoms with E-state index >= 15 is 0 Å². The van der Waals surface area contributed by atoms with Crippen LogP contribution in [0.5, 0.6) is 5.75 Å². The van der Waals surface area contributed by atoms with E-state index in [0.717, 1.165) is 11.1 Å². The van der Waals surface area contributed by atoms with Crippen LogP contribution in [0.2, 0.25) is 0 Å². The average Bonchev–Trinajstić information content (AvgIpc) is 2.43. The number of amides is 1. The molecule has 0 saturated carbocycles. The van der Waals surface area contributed by atoms with Crippen LogP contribution < -0.4 is 11.1 Å². The Balaban J connectivity index is 2.08. The van der Waals surface area contributed by atoms with Gasteiger partial charge in [0, 0.05) is 17.7 Å². The van der Waals surface area contributed by atoms with Crippen LogP contribution in [0.15, 0.2) is 42.5 Å². The first kappa shape index (κ1) is 15.0. The van der Waals surface area contributed by atoms with Crippen LogP contribution in [0.1, 0.15) is 21.5 Å². The number of phenols is 1. The topological polar surface area (TPSA) is 75.4 Å². The van der Waals surface area contributed by atoms with Crippen LogP contribution in [0.3, 0.4) is 0 Å². The molecule has 0 radical (unpaired) electrons. The lowest BCUT2D eigenvalue weighted by Gasteiger charge is -2.07. The third-order valence-corrected chi connectivity index (χ3v) is 3.21. The second-order valence-corrected chi connectivity index (χ2v) is 5.32. The molecule has 21 heavy (non-hydrogen) atoms. The van der Waals surface area contributed by atoms with Gasteiger partial charge in [0.25, 0.3) is 5.91 Å². The lowest BCUT2D eigenvalue weighted by molar-refractivity contribution is 0.102. The Kier molecular flexibility index (Phi) is 4.55. The number of nitrogens with two attached hydrogens (primary N) is 1. The summed E-state index contributed by atoms with van der Waals surface area (Å²) >= 11 is 4.85. The highest BCUT2D eigenvalue weighted by molar-refractivity contribution is 7.80. The Morgan fingerprint density at radius 1 is 1.24 bits per heavy atom. The van der Waals surface area contributed by atoms with Gasteiger partial charge in [-0.2, -0.15) is 0 Å². The molecule has 0 heterocycles. The molecule has 0 aromatic heterocycles. The zero-order valence-electron chi connectivity index (χ0n) is 11.6. The first-order valence-corrected chi connectivity index (χ1v) is 6.85. The first-order chi connectivity index (χ1) is 9.95. The number of nitrogens with one attached hydrogen (secondary N) is 1. The molecule has 0 aliphatic rings. The summed E-state index contributed by atoms with van der Waals surface area (Å²) < 4.78 is 0. The van der Waals surface area contributed by atoms with Crippen molar-refractivity contribution in [3.63, 3.8) is 0 Å². The summed E-state index contributed by atoms with van der Waals surface area (Å²) in [7, 11) is 0. The molecular weight excluding hydrogens is 284 g/mol. The molecule has 0 spiro atoms. The van der Waals surface area contributed by atoms with Crippen molar-refractivity contribution in [1.82, 2.24) is 0 Å². The van der Waals surface area contributed by atoms with Crippen molar-refractivity contribution in [2.75, 3.05) is 5.32 Å². The highest BCUT2D eigenvalue weighted by Crippen LogP contribution is 2.18. The minimum absolute atomic E-state index is 0.106. The van der Waals surface area contributed by atoms with Crippen LogP contribution in [0.4, 0.5) is 5.69 Å². The maximum absolute atomic E-state index is 12.1. The molecular formula is C16H16N2O2S. The molecule has 108 valence electrons. The minimum atomic E-state index is -0.271. The van der Waals surface area contributed by atoms with Crippen molar-refractivity contribution >= 4 is 28.8 Å². The second-order valence-electron chi connectivity index (χ2n) is 4.80. The van der Waals surface area contributed by atoms with Gasteiger partial charge >= 0.3 is 0 Å². The molecule has 0 aliphatic heterocycles. The van der Waals surface area contributed by atoms with Gasteiger partial charge in [-0.3, -0.25) is 4.79 Å². The van der Waals surface area contributed by atoms with Crippen LogP contribution in [-0.2, 0) is 6.42 Å². The summed E-state index contributed by atoms with van der Waals surface area (Å²) in [5.74, 6) is -0.165. The molecule has 4 N–H and O–H groups in total. The average molecular weight is 300 g/mol. The molecule has 0 saturated heterocycles. The van der Waals surface area contributed by atoms with E-state index in [4.69, 9.17) is 18.0 Å². The van der Waals surface area contributed by atoms with Gasteiger partial charge in [0.05, 0.1) is 4.99 Å². The summed E-state index contributed by atoms with van der Waals surface area (Å²) in [5.41, 5.74) is 8.29. The van der Waals surface area contributed by atoms with Crippen molar-refractivity contribution in [3.05, 3.63) is 59.2 Å². The number of aromatic hydroxyl groups is 1. The third-order valence-electron chi connectivity index (χ3n) is 3.06. The summed E-state index contributed by atoms with van der Waals surface area (Å²) in [6.45, 7) is 1.78. The molecule has 1 amide bonds. The summed E-state index contributed by atoms with van der Waals surface area (Å²) in [6, 6.07) is 12.1. The molecule has 4 nitrogen and oxygen atoms in total. The Labute approximate surface area is 128 Å². The van der Waals surface area contributed by atoms with Crippen molar-refractivity contribution in [1.29, 1.82) is 0 Å². The van der Waals surface area contributed by atoms with Crippen LogP contribution in [-0.4, -0.2) is 16.0 Å². The Morgan fingerprint density at radius 3 is 2.48 bits per heavy atom. The van der Waals surface area contributed by atoms with Gasteiger partial charge in [0.15, 0.2) is 0 Å². The van der Waals surface area contributed by atoms with Crippen molar-refractivity contribution in [2.24, 2.45) is 5.73 Å². The molecule has 0 aliphatic carbocycles. The standard InChI is InChI=1S/C16H16N2O2S/c1-10-2-5-12(9-14(10)19)16(20)18-13-6-3-11(4-7-13)8-15(17)21/h2-7,9,19H,8H2,1H3,(H2,17,21)(H,18,20). The molecule has 2 rings (SSSR count). The molecule has 2 aromatic carbocycles. The maximum Gasteiger partial charge on any atom is 0.255 e. The maximum atomic E-state index is 12.1. The number of hydrogen-bond acceptors (Lipinski definition) is 3. The first-order valence-electron chi connectivity index (χ1n) is 6.44. The van der Waals surface area contributed by atoms with E-state index in [9.17, 15) is 9.90 Å². The number of rotatable bonds is 4. The van der Waals surface area contributed by atoms with Crippen molar-refractivity contribution < 1.29 is 9.90 Å². The summed E-state index contributed by atoms with van der Waals surface area (Å²) in [6.07, 6.45) is 0.537. The quantitative estimate of drug-likeness (QED) is 0.759. The number of thiocarbonyl (C=S) groups is 1. The summed E-state index contributed by atoms with van der Waals surface area (Å²) in [4.78, 5) is 12.5. The van der Waals surface area contributed by atoms with E-state index in [1.54, 1.807) is 31.2 Å². The van der Waals surface area contributed by atoms with Gasteiger partial charge in [-0.15, -0.1) is 0 Å². The van der Waals surface area contributed by atoms with Gasteiger partial charge in [-0.1, -0.05) is 30.4 Å². The number of aryl methyl sites for hydroxylation is 1. The number of hydrogen-bond donors (Lipinski definition) is 3. The third kappa shape index (κ3) is 4.03. The number of benzene rings is 2. The number of anilines is 1. The second kappa shape index (κ2) is 6.37. The molecule has 0 fully saturated rings. The van der Waals surface area contributed by atoms with Crippen LogP contribution in [0, 0.1) is 6.92 Å². The molecule has 0 unspecified atom stereocenters. The number of carbonyl (C=O) groups is 1. The highest BCUT2D eigenvalue weighted by atomic mass is 32.1. The van der Waals surface area contributed by atoms with Gasteiger partial charge < -0.3 is 16.2 Å². The fraction of sp³-hybridized carbons (Fsp3) is 0.125. The van der Waals surface area contributed by atoms with Crippen LogP contribution in [0.25, 0.3) is 0 Å². The Hall–Kier alpha value is -2.40. The number of phenolic OH excluding ortho intramolecular Hbond substituents is 1. The van der Waals surface area contributed by atoms with E-state index in [2.05, 4.69) is 5.32 Å². The zero-order chi connectivity index (χ0) is 15.4. The molecule has 2 aromatic rings. The predicted molar refractivity (Wildman–Crippen MR) is 87.7 cm³/mol. The van der Waals surface area contributed by atoms with E-state index in [0.29, 0.717) is 22.7 Å². The fourth-order valence-electron chi connectivity index (χ4n) is 1.86. The molecule has 0 atom stereocenters. The fourth-order valence-corrected chi connectivity index (χ4v) is 2.03. The van der Waals surface area contributed by atoms with E-state index in [1.807, 2.05) is 12.1 Å². The number of carbonyl (C=O) groups excluding carboxylic acids is 1. The SMILES string of the molecule is Cc1ccc(C(=O)Nc2ccc(CC(N)=S)cc2)cc1O. The normalized spacial score (nSPS) is 10.1. The molecule has 5 heteroatoms. The Bertz CT molecular complexity index is 681. The molecule has 0 bridgehead atoms. The van der Waals surface area contributed by atoms with E-state index in [-0.39, 0.29) is 11.7 Å². The van der Waals surface area contributed by atoms with E-state index in [1.165, 1.54) is 6.07 Å². The summed E-state index contributed by atoms with van der Waals surface area (Å²) in [5, 5.41) is 12.4. The van der Waals surface area contributed by atoms with Crippen molar-refractivity contribution in [3.8, 4) is 5.75 Å². The minimum Gasteiger partial charge on any atom is -0.508 e. The lowest BCUT2D eigenvalue weighted by atomic mass is 10.1. The monoisotopic (exact) mass is 300 g/mol. The smallest absolute Gasteiger partial charge is 0.255 e. The van der Waals surface area contributed by atoms with Crippen LogP contribution >= 0.6 is 12.2 Å². The van der Waals surface area contributed by atoms with Gasteiger partial charge in [-0.05, 0) is 42.3 Å². The van der Waals surface area contributed by atoms with E-state index < -0.39 is 0 Å². The van der Waals surface area contributed by atoms with Gasteiger partial charge in [0.2, 0.25) is 0 Å².